The molecule has 1 amide bonds. The Labute approximate surface area is 158 Å². The second-order valence-corrected chi connectivity index (χ2v) is 8.70. The summed E-state index contributed by atoms with van der Waals surface area (Å²) in [5.41, 5.74) is 3.55. The first kappa shape index (κ1) is 18.5. The predicted octanol–water partition coefficient (Wildman–Crippen LogP) is 3.35. The van der Waals surface area contributed by atoms with Gasteiger partial charge in [0.25, 0.3) is 0 Å². The minimum atomic E-state index is -3.53. The van der Waals surface area contributed by atoms with E-state index >= 15 is 0 Å². The molecule has 2 aromatic carbocycles. The summed E-state index contributed by atoms with van der Waals surface area (Å²) in [4.78, 5) is 12.3. The summed E-state index contributed by atoms with van der Waals surface area (Å²) in [6.45, 7) is 1.84. The van der Waals surface area contributed by atoms with Gasteiger partial charge in [-0.2, -0.15) is 8.42 Å². The highest BCUT2D eigenvalue weighted by molar-refractivity contribution is 7.94. The van der Waals surface area contributed by atoms with Crippen LogP contribution in [-0.4, -0.2) is 28.4 Å². The number of nitrogens with one attached hydrogen (secondary N) is 1. The van der Waals surface area contributed by atoms with Crippen LogP contribution in [0.3, 0.4) is 0 Å². The maximum Gasteiger partial charge on any atom is 0.326 e. The third-order valence-corrected chi connectivity index (χ3v) is 6.51. The number of carbonyl (C=O) groups excluding carboxylic acids is 1. The van der Waals surface area contributed by atoms with Gasteiger partial charge in [0.15, 0.2) is 0 Å². The molecule has 1 aliphatic heterocycles. The van der Waals surface area contributed by atoms with Crippen molar-refractivity contribution < 1.29 is 13.2 Å². The second kappa shape index (κ2) is 6.81. The molecule has 0 saturated carbocycles. The Kier molecular flexibility index (Phi) is 4.86. The number of amides is 1. The summed E-state index contributed by atoms with van der Waals surface area (Å²) in [6.07, 6.45) is 0.887. The Hall–Kier alpha value is -2.25. The zero-order valence-electron chi connectivity index (χ0n) is 14.8. The van der Waals surface area contributed by atoms with Crippen molar-refractivity contribution >= 4 is 44.8 Å². The van der Waals surface area contributed by atoms with Crippen LogP contribution in [0.25, 0.3) is 0 Å². The number of fused-ring (bicyclic) bond motifs is 1. The third kappa shape index (κ3) is 3.37. The summed E-state index contributed by atoms with van der Waals surface area (Å²) in [5, 5.41) is 3.52. The molecule has 1 heterocycles. The number of anilines is 3. The van der Waals surface area contributed by atoms with E-state index in [4.69, 9.17) is 11.6 Å². The summed E-state index contributed by atoms with van der Waals surface area (Å²) >= 11 is 5.96. The fourth-order valence-electron chi connectivity index (χ4n) is 2.92. The van der Waals surface area contributed by atoms with Crippen LogP contribution in [-0.2, 0) is 21.4 Å². The lowest BCUT2D eigenvalue weighted by molar-refractivity contribution is -0.116. The van der Waals surface area contributed by atoms with Gasteiger partial charge in [-0.3, -0.25) is 13.4 Å². The fraction of sp³-hybridized carbons (Fsp3) is 0.278. The molecule has 2 aromatic rings. The smallest absolute Gasteiger partial charge is 0.326 e. The Balaban J connectivity index is 1.75. The van der Waals surface area contributed by atoms with Gasteiger partial charge in [0, 0.05) is 31.2 Å². The molecule has 0 saturated heterocycles. The Morgan fingerprint density at radius 2 is 1.77 bits per heavy atom. The normalized spacial score (nSPS) is 15.1. The van der Waals surface area contributed by atoms with Crippen molar-refractivity contribution in [1.29, 1.82) is 0 Å². The van der Waals surface area contributed by atoms with E-state index in [0.717, 1.165) is 11.1 Å². The topological polar surface area (TPSA) is 69.7 Å². The molecule has 0 bridgehead atoms. The Bertz CT molecular complexity index is 976. The van der Waals surface area contributed by atoms with Gasteiger partial charge in [-0.1, -0.05) is 23.7 Å². The molecule has 0 aromatic heterocycles. The summed E-state index contributed by atoms with van der Waals surface area (Å²) in [5.74, 6) is -0.134. The summed E-state index contributed by atoms with van der Waals surface area (Å²) in [7, 11) is -0.522. The number of halogens is 1. The van der Waals surface area contributed by atoms with E-state index in [9.17, 15) is 13.2 Å². The largest absolute Gasteiger partial charge is 0.326 e. The molecule has 26 heavy (non-hydrogen) atoms. The summed E-state index contributed by atoms with van der Waals surface area (Å²) in [6, 6.07) is 10.9. The minimum absolute atomic E-state index is 0.134. The highest BCUT2D eigenvalue weighted by Gasteiger charge is 2.35. The first-order valence-corrected chi connectivity index (χ1v) is 9.89. The maximum absolute atomic E-state index is 12.3. The van der Waals surface area contributed by atoms with Crippen molar-refractivity contribution in [3.63, 3.8) is 0 Å². The van der Waals surface area contributed by atoms with E-state index in [1.807, 2.05) is 25.1 Å². The lowest BCUT2D eigenvalue weighted by atomic mass is 10.1. The lowest BCUT2D eigenvalue weighted by Gasteiger charge is -2.13. The first-order valence-electron chi connectivity index (χ1n) is 8.12. The van der Waals surface area contributed by atoms with Gasteiger partial charge in [0.05, 0.1) is 11.4 Å². The highest BCUT2D eigenvalue weighted by Crippen LogP contribution is 2.41. The monoisotopic (exact) mass is 393 g/mol. The highest BCUT2D eigenvalue weighted by atomic mass is 35.5. The van der Waals surface area contributed by atoms with Crippen LogP contribution in [0, 0.1) is 6.92 Å². The first-order chi connectivity index (χ1) is 12.2. The molecule has 0 atom stereocenters. The van der Waals surface area contributed by atoms with Gasteiger partial charge in [0.2, 0.25) is 5.91 Å². The average Bonchev–Trinajstić information content (AvgIpc) is 2.74. The number of carbonyl (C=O) groups is 1. The van der Waals surface area contributed by atoms with Crippen LogP contribution in [0.5, 0.6) is 0 Å². The van der Waals surface area contributed by atoms with Crippen molar-refractivity contribution in [2.75, 3.05) is 28.0 Å². The number of aryl methyl sites for hydroxylation is 2. The van der Waals surface area contributed by atoms with Gasteiger partial charge in [-0.25, -0.2) is 0 Å². The molecule has 0 fully saturated rings. The Morgan fingerprint density at radius 3 is 2.42 bits per heavy atom. The molecule has 1 aliphatic rings. The molecule has 0 spiro atoms. The van der Waals surface area contributed by atoms with Crippen molar-refractivity contribution in [3.8, 4) is 0 Å². The lowest BCUT2D eigenvalue weighted by Crippen LogP contribution is -2.32. The van der Waals surface area contributed by atoms with Crippen molar-refractivity contribution in [2.45, 2.75) is 19.8 Å². The van der Waals surface area contributed by atoms with Gasteiger partial charge in [-0.05, 0) is 48.7 Å². The van der Waals surface area contributed by atoms with E-state index in [0.29, 0.717) is 34.9 Å². The standard InChI is InChI=1S/C18H20ClN3O3S/c1-12-9-16-17(22(3)26(24,25)21(16)2)11-15(12)20-18(23)8-7-13-5-4-6-14(19)10-13/h4-6,9-11H,7-8H2,1-3H3,(H,20,23). The molecule has 8 heteroatoms. The number of hydrogen-bond donors (Lipinski definition) is 1. The van der Waals surface area contributed by atoms with Crippen molar-refractivity contribution in [1.82, 2.24) is 0 Å². The molecule has 0 aliphatic carbocycles. The third-order valence-electron chi connectivity index (χ3n) is 4.50. The molecule has 0 unspecified atom stereocenters. The van der Waals surface area contributed by atoms with Crippen molar-refractivity contribution in [3.05, 3.63) is 52.5 Å². The van der Waals surface area contributed by atoms with Crippen LogP contribution in [0.2, 0.25) is 5.02 Å². The van der Waals surface area contributed by atoms with E-state index in [-0.39, 0.29) is 5.91 Å². The van der Waals surface area contributed by atoms with E-state index in [1.54, 1.807) is 18.2 Å². The molecule has 3 rings (SSSR count). The van der Waals surface area contributed by atoms with Crippen LogP contribution in [0.1, 0.15) is 17.5 Å². The number of hydrogen-bond acceptors (Lipinski definition) is 3. The van der Waals surface area contributed by atoms with E-state index in [1.165, 1.54) is 22.7 Å². The van der Waals surface area contributed by atoms with Crippen LogP contribution < -0.4 is 13.9 Å². The van der Waals surface area contributed by atoms with Crippen LogP contribution in [0.15, 0.2) is 36.4 Å². The Morgan fingerprint density at radius 1 is 1.12 bits per heavy atom. The van der Waals surface area contributed by atoms with Gasteiger partial charge in [0.1, 0.15) is 0 Å². The molecule has 138 valence electrons. The maximum atomic E-state index is 12.3. The van der Waals surface area contributed by atoms with E-state index < -0.39 is 10.2 Å². The molecule has 0 radical (unpaired) electrons. The minimum Gasteiger partial charge on any atom is -0.326 e. The van der Waals surface area contributed by atoms with Gasteiger partial charge in [-0.15, -0.1) is 0 Å². The zero-order chi connectivity index (χ0) is 19.1. The zero-order valence-corrected chi connectivity index (χ0v) is 16.4. The van der Waals surface area contributed by atoms with Crippen LogP contribution in [0.4, 0.5) is 17.1 Å². The number of nitrogens with zero attached hydrogens (tertiary/aromatic N) is 2. The van der Waals surface area contributed by atoms with Crippen molar-refractivity contribution in [2.24, 2.45) is 0 Å². The molecule has 6 nitrogen and oxygen atoms in total. The fourth-order valence-corrected chi connectivity index (χ4v) is 4.29. The average molecular weight is 394 g/mol. The second-order valence-electron chi connectivity index (χ2n) is 6.28. The number of rotatable bonds is 4. The SMILES string of the molecule is Cc1cc2c(cc1NC(=O)CCc1cccc(Cl)c1)N(C)S(=O)(=O)N2C. The van der Waals surface area contributed by atoms with E-state index in [2.05, 4.69) is 5.32 Å². The predicted molar refractivity (Wildman–Crippen MR) is 105 cm³/mol. The molecular weight excluding hydrogens is 374 g/mol. The van der Waals surface area contributed by atoms with Gasteiger partial charge < -0.3 is 5.32 Å². The molecular formula is C18H20ClN3O3S. The number of benzene rings is 2. The summed E-state index contributed by atoms with van der Waals surface area (Å²) < 4.78 is 26.9. The molecule has 1 N–H and O–H groups in total. The van der Waals surface area contributed by atoms with Crippen LogP contribution >= 0.6 is 11.6 Å². The quantitative estimate of drug-likeness (QED) is 0.865. The van der Waals surface area contributed by atoms with Gasteiger partial charge >= 0.3 is 10.2 Å².